The average Bonchev–Trinajstić information content (AvgIpc) is 2.97. The maximum atomic E-state index is 5.61. The number of aromatic nitrogens is 1. The monoisotopic (exact) mass is 705 g/mol. The largest absolute Gasteiger partial charge is 0.673 e. The van der Waals surface area contributed by atoms with Crippen LogP contribution in [-0.2, 0) is 38.7 Å². The zero-order valence-electron chi connectivity index (χ0n) is 25.1. The van der Waals surface area contributed by atoms with Gasteiger partial charge < -0.3 is 17.7 Å². The van der Waals surface area contributed by atoms with Gasteiger partial charge in [0.15, 0.2) is 0 Å². The van der Waals surface area contributed by atoms with E-state index < -0.39 is 0 Å². The molecular formula is C38H41HfN2-3. The van der Waals surface area contributed by atoms with Crippen LogP contribution in [0.1, 0.15) is 80.4 Å². The molecule has 0 aliphatic rings. The molecule has 1 heterocycles. The molecule has 1 atom stereocenters. The summed E-state index contributed by atoms with van der Waals surface area (Å²) in [6, 6.07) is 37.7. The molecular weight excluding hydrogens is 663 g/mol. The third-order valence-electron chi connectivity index (χ3n) is 7.45. The molecule has 0 aliphatic heterocycles. The van der Waals surface area contributed by atoms with E-state index in [-0.39, 0.29) is 39.3 Å². The third-order valence-corrected chi connectivity index (χ3v) is 7.45. The Labute approximate surface area is 266 Å². The molecule has 0 fully saturated rings. The van der Waals surface area contributed by atoms with E-state index in [1.807, 2.05) is 6.07 Å². The van der Waals surface area contributed by atoms with Crippen molar-refractivity contribution in [2.75, 3.05) is 0 Å². The Morgan fingerprint density at radius 2 is 1.39 bits per heavy atom. The molecule has 0 saturated heterocycles. The van der Waals surface area contributed by atoms with Crippen molar-refractivity contribution in [3.63, 3.8) is 0 Å². The van der Waals surface area contributed by atoms with Crippen molar-refractivity contribution >= 4 is 16.5 Å². The average molecular weight is 704 g/mol. The van der Waals surface area contributed by atoms with E-state index in [0.29, 0.717) is 5.92 Å². The normalized spacial score (nSPS) is 11.5. The summed E-state index contributed by atoms with van der Waals surface area (Å²) in [5, 5.41) is 7.97. The van der Waals surface area contributed by atoms with E-state index in [1.54, 1.807) is 0 Å². The minimum Gasteiger partial charge on any atom is -0.673 e. The number of para-hydroxylation sites is 1. The van der Waals surface area contributed by atoms with Gasteiger partial charge >= 0.3 is 0 Å². The number of aryl methyl sites for hydroxylation is 2. The third kappa shape index (κ3) is 7.25. The maximum Gasteiger partial charge on any atom is 0.0195 e. The number of hydrogen-bond donors (Lipinski definition) is 0. The number of fused-ring (bicyclic) bond motifs is 1. The molecule has 0 radical (unpaired) electrons. The Balaban J connectivity index is 0.00000231. The van der Waals surface area contributed by atoms with Crippen LogP contribution in [0.5, 0.6) is 0 Å². The summed E-state index contributed by atoms with van der Waals surface area (Å²) in [5.41, 5.74) is 9.28. The fourth-order valence-electron chi connectivity index (χ4n) is 5.55. The Kier molecular flexibility index (Phi) is 12.1. The van der Waals surface area contributed by atoms with E-state index in [4.69, 9.17) is 10.3 Å². The van der Waals surface area contributed by atoms with Gasteiger partial charge in [-0.1, -0.05) is 141 Å². The number of rotatable bonds is 10. The summed E-state index contributed by atoms with van der Waals surface area (Å²) in [6.45, 7) is 9.01. The summed E-state index contributed by atoms with van der Waals surface area (Å²) in [4.78, 5) is 5.29. The molecule has 210 valence electrons. The first-order valence-electron chi connectivity index (χ1n) is 14.4. The van der Waals surface area contributed by atoms with Gasteiger partial charge in [-0.2, -0.15) is 0 Å². The zero-order valence-corrected chi connectivity index (χ0v) is 28.7. The van der Waals surface area contributed by atoms with Crippen LogP contribution < -0.4 is 0 Å². The SMILES string of the molecule is CCCc1ccccc1C([N-]c1c(CCC)cccc1C(C)C)c1cccc(-c2[c-]ccc3ccccc23)n1.[CH3-].[Hf]. The zero-order chi connectivity index (χ0) is 27.2. The first kappa shape index (κ1) is 32.5. The van der Waals surface area contributed by atoms with E-state index in [2.05, 4.69) is 125 Å². The van der Waals surface area contributed by atoms with E-state index in [0.717, 1.165) is 48.3 Å². The van der Waals surface area contributed by atoms with Crippen molar-refractivity contribution < 1.29 is 25.8 Å². The molecule has 5 aromatic rings. The topological polar surface area (TPSA) is 27.0 Å². The summed E-state index contributed by atoms with van der Waals surface area (Å²) in [7, 11) is 0. The van der Waals surface area contributed by atoms with Gasteiger partial charge in [0.05, 0.1) is 0 Å². The van der Waals surface area contributed by atoms with Crippen molar-refractivity contribution in [2.45, 2.75) is 65.3 Å². The summed E-state index contributed by atoms with van der Waals surface area (Å²) < 4.78 is 0. The Morgan fingerprint density at radius 3 is 2.17 bits per heavy atom. The maximum absolute atomic E-state index is 5.61. The van der Waals surface area contributed by atoms with Gasteiger partial charge in [0.2, 0.25) is 0 Å². The Hall–Kier alpha value is -3.04. The van der Waals surface area contributed by atoms with Crippen LogP contribution >= 0.6 is 0 Å². The smallest absolute Gasteiger partial charge is 0.0195 e. The Bertz CT molecular complexity index is 1550. The fraction of sp³-hybridized carbons (Fsp3) is 0.263. The molecule has 0 N–H and O–H groups in total. The molecule has 4 aromatic carbocycles. The first-order chi connectivity index (χ1) is 19.1. The second kappa shape index (κ2) is 15.3. The quantitative estimate of drug-likeness (QED) is 0.105. The van der Waals surface area contributed by atoms with Crippen molar-refractivity contribution in [1.29, 1.82) is 0 Å². The van der Waals surface area contributed by atoms with E-state index in [1.165, 1.54) is 33.0 Å². The molecule has 1 unspecified atom stereocenters. The van der Waals surface area contributed by atoms with Gasteiger partial charge in [0.1, 0.15) is 0 Å². The molecule has 0 bridgehead atoms. The van der Waals surface area contributed by atoms with E-state index >= 15 is 0 Å². The molecule has 3 heteroatoms. The van der Waals surface area contributed by atoms with E-state index in [9.17, 15) is 0 Å². The van der Waals surface area contributed by atoms with Crippen LogP contribution in [0.25, 0.3) is 27.3 Å². The molecule has 2 nitrogen and oxygen atoms in total. The van der Waals surface area contributed by atoms with Crippen LogP contribution in [0, 0.1) is 13.5 Å². The molecule has 0 amide bonds. The predicted octanol–water partition coefficient (Wildman–Crippen LogP) is 11.0. The molecule has 0 spiro atoms. The number of benzene rings is 4. The van der Waals surface area contributed by atoms with Crippen molar-refractivity contribution in [3.05, 3.63) is 144 Å². The summed E-state index contributed by atoms with van der Waals surface area (Å²) in [5.74, 6) is 0.386. The van der Waals surface area contributed by atoms with Crippen molar-refractivity contribution in [3.8, 4) is 11.3 Å². The van der Waals surface area contributed by atoms with Gasteiger partial charge in [0, 0.05) is 31.5 Å². The molecule has 0 saturated carbocycles. The van der Waals surface area contributed by atoms with Gasteiger partial charge in [-0.05, 0) is 42.1 Å². The van der Waals surface area contributed by atoms with Gasteiger partial charge in [-0.15, -0.1) is 34.8 Å². The van der Waals surface area contributed by atoms with Crippen molar-refractivity contribution in [2.24, 2.45) is 0 Å². The van der Waals surface area contributed by atoms with Crippen LogP contribution in [0.3, 0.4) is 0 Å². The van der Waals surface area contributed by atoms with Crippen LogP contribution in [0.15, 0.2) is 97.1 Å². The van der Waals surface area contributed by atoms with Gasteiger partial charge in [0.25, 0.3) is 0 Å². The molecule has 0 aliphatic carbocycles. The molecule has 41 heavy (non-hydrogen) atoms. The van der Waals surface area contributed by atoms with Crippen molar-refractivity contribution in [1.82, 2.24) is 4.98 Å². The number of hydrogen-bond acceptors (Lipinski definition) is 1. The van der Waals surface area contributed by atoms with Gasteiger partial charge in [-0.3, -0.25) is 0 Å². The van der Waals surface area contributed by atoms with Crippen LogP contribution in [0.2, 0.25) is 0 Å². The standard InChI is InChI=1S/C37H38N2.CH3.Hf/c1-5-14-27-16-8-10-21-32(27)37(39-36-29(15-6-2)19-12-22-30(36)26(3)4)35-25-13-24-34(38-35)33-23-11-18-28-17-7-9-20-31(28)33;;/h7-13,16-22,24-26,37H,5-6,14-15H2,1-4H3;1H3;/q-2;-1;. The predicted molar refractivity (Wildman–Crippen MR) is 172 cm³/mol. The second-order valence-electron chi connectivity index (χ2n) is 10.6. The molecule has 5 rings (SSSR count). The Morgan fingerprint density at radius 1 is 0.732 bits per heavy atom. The second-order valence-corrected chi connectivity index (χ2v) is 10.6. The van der Waals surface area contributed by atoms with Gasteiger partial charge in [-0.25, -0.2) is 0 Å². The van der Waals surface area contributed by atoms with Crippen LogP contribution in [-0.4, -0.2) is 4.98 Å². The number of nitrogens with zero attached hydrogens (tertiary/aromatic N) is 2. The molecule has 1 aromatic heterocycles. The minimum absolute atomic E-state index is 0. The van der Waals surface area contributed by atoms with Crippen LogP contribution in [0.4, 0.5) is 5.69 Å². The number of pyridine rings is 1. The summed E-state index contributed by atoms with van der Waals surface area (Å²) >= 11 is 0. The minimum atomic E-state index is -0.196. The summed E-state index contributed by atoms with van der Waals surface area (Å²) in [6.07, 6.45) is 4.21. The fourth-order valence-corrected chi connectivity index (χ4v) is 5.55. The first-order valence-corrected chi connectivity index (χ1v) is 14.4.